The molecular weight excluding hydrogens is 306 g/mol. The summed E-state index contributed by atoms with van der Waals surface area (Å²) >= 11 is 0. The summed E-state index contributed by atoms with van der Waals surface area (Å²) in [4.78, 5) is 23.8. The van der Waals surface area contributed by atoms with Crippen LogP contribution in [-0.4, -0.2) is 33.0 Å². The third-order valence-electron chi connectivity index (χ3n) is 3.50. The van der Waals surface area contributed by atoms with Crippen molar-refractivity contribution in [3.8, 4) is 11.5 Å². The second-order valence-corrected chi connectivity index (χ2v) is 4.96. The van der Waals surface area contributed by atoms with Crippen molar-refractivity contribution in [2.24, 2.45) is 0 Å². The van der Waals surface area contributed by atoms with Crippen molar-refractivity contribution in [3.63, 3.8) is 0 Å². The van der Waals surface area contributed by atoms with Gasteiger partial charge in [-0.3, -0.25) is 9.59 Å². The van der Waals surface area contributed by atoms with Crippen LogP contribution in [0, 0.1) is 0 Å². The number of methoxy groups -OCH3 is 2. The zero-order chi connectivity index (χ0) is 17.5. The molecule has 0 heterocycles. The van der Waals surface area contributed by atoms with Crippen molar-refractivity contribution >= 4 is 17.8 Å². The monoisotopic (exact) mass is 325 g/mol. The smallest absolute Gasteiger partial charge is 0.251 e. The van der Waals surface area contributed by atoms with Gasteiger partial charge in [0.25, 0.3) is 5.91 Å². The number of ketones is 1. The molecule has 2 rings (SSSR count). The number of allylic oxidation sites excluding steroid dienone is 1. The maximum Gasteiger partial charge on any atom is 0.251 e. The summed E-state index contributed by atoms with van der Waals surface area (Å²) < 4.78 is 10.4. The molecule has 0 unspecified atom stereocenters. The fourth-order valence-corrected chi connectivity index (χ4v) is 2.15. The minimum Gasteiger partial charge on any atom is -0.497 e. The van der Waals surface area contributed by atoms with Crippen LogP contribution in [0.25, 0.3) is 6.08 Å². The molecule has 0 saturated heterocycles. The van der Waals surface area contributed by atoms with Gasteiger partial charge in [0.05, 0.1) is 19.8 Å². The average Bonchev–Trinajstić information content (AvgIpc) is 2.65. The van der Waals surface area contributed by atoms with Crippen molar-refractivity contribution in [2.45, 2.75) is 0 Å². The predicted molar refractivity (Wildman–Crippen MR) is 92.7 cm³/mol. The molecule has 5 heteroatoms. The Kier molecular flexibility index (Phi) is 5.73. The van der Waals surface area contributed by atoms with E-state index in [0.29, 0.717) is 22.6 Å². The van der Waals surface area contributed by atoms with Crippen molar-refractivity contribution in [1.82, 2.24) is 5.32 Å². The third kappa shape index (κ3) is 4.01. The number of carbonyl (C=O) groups excluding carboxylic acids is 2. The Balaban J connectivity index is 2.17. The molecule has 0 radical (unpaired) electrons. The third-order valence-corrected chi connectivity index (χ3v) is 3.50. The van der Waals surface area contributed by atoms with Crippen LogP contribution < -0.4 is 14.8 Å². The van der Waals surface area contributed by atoms with Gasteiger partial charge in [-0.2, -0.15) is 0 Å². The average molecular weight is 325 g/mol. The van der Waals surface area contributed by atoms with Gasteiger partial charge in [-0.25, -0.2) is 0 Å². The number of hydrogen-bond donors (Lipinski definition) is 1. The molecule has 1 N–H and O–H groups in total. The number of amides is 1. The highest BCUT2D eigenvalue weighted by molar-refractivity contribution is 6.08. The number of nitrogens with one attached hydrogen (secondary N) is 1. The topological polar surface area (TPSA) is 64.6 Å². The van der Waals surface area contributed by atoms with E-state index in [1.54, 1.807) is 62.7 Å². The summed E-state index contributed by atoms with van der Waals surface area (Å²) in [6.07, 6.45) is 3.17. The highest BCUT2D eigenvalue weighted by atomic mass is 16.5. The molecule has 2 aromatic carbocycles. The SMILES string of the molecule is CNC(=O)c1ccc(C=CC(=O)c2ccc(OC)cc2OC)cc1. The van der Waals surface area contributed by atoms with Gasteiger partial charge >= 0.3 is 0 Å². The Morgan fingerprint density at radius 3 is 2.29 bits per heavy atom. The van der Waals surface area contributed by atoms with Crippen molar-refractivity contribution < 1.29 is 19.1 Å². The normalized spacial score (nSPS) is 10.5. The van der Waals surface area contributed by atoms with Crippen LogP contribution in [0.3, 0.4) is 0 Å². The zero-order valence-electron chi connectivity index (χ0n) is 13.8. The maximum atomic E-state index is 12.3. The Morgan fingerprint density at radius 1 is 1.00 bits per heavy atom. The molecule has 0 aromatic heterocycles. The second kappa shape index (κ2) is 7.97. The first-order chi connectivity index (χ1) is 11.6. The molecule has 2 aromatic rings. The van der Waals surface area contributed by atoms with Crippen LogP contribution in [0.4, 0.5) is 0 Å². The van der Waals surface area contributed by atoms with E-state index >= 15 is 0 Å². The molecule has 0 aliphatic heterocycles. The highest BCUT2D eigenvalue weighted by Gasteiger charge is 2.10. The predicted octanol–water partition coefficient (Wildman–Crippen LogP) is 2.96. The van der Waals surface area contributed by atoms with E-state index in [-0.39, 0.29) is 11.7 Å². The minimum absolute atomic E-state index is 0.149. The van der Waals surface area contributed by atoms with Gasteiger partial charge in [-0.15, -0.1) is 0 Å². The molecule has 0 atom stereocenters. The molecule has 0 aliphatic rings. The lowest BCUT2D eigenvalue weighted by molar-refractivity contribution is 0.0962. The lowest BCUT2D eigenvalue weighted by atomic mass is 10.1. The first-order valence-corrected chi connectivity index (χ1v) is 7.35. The molecule has 0 saturated carbocycles. The van der Waals surface area contributed by atoms with Gasteiger partial charge < -0.3 is 14.8 Å². The second-order valence-electron chi connectivity index (χ2n) is 4.96. The van der Waals surface area contributed by atoms with E-state index < -0.39 is 0 Å². The van der Waals surface area contributed by atoms with Gasteiger partial charge in [-0.05, 0) is 35.9 Å². The summed E-state index contributed by atoms with van der Waals surface area (Å²) in [6, 6.07) is 12.0. The number of hydrogen-bond acceptors (Lipinski definition) is 4. The molecule has 0 spiro atoms. The lowest BCUT2D eigenvalue weighted by Gasteiger charge is -2.07. The molecule has 124 valence electrons. The first kappa shape index (κ1) is 17.3. The first-order valence-electron chi connectivity index (χ1n) is 7.35. The fourth-order valence-electron chi connectivity index (χ4n) is 2.15. The van der Waals surface area contributed by atoms with E-state index in [9.17, 15) is 9.59 Å². The molecule has 5 nitrogen and oxygen atoms in total. The highest BCUT2D eigenvalue weighted by Crippen LogP contribution is 2.25. The Bertz CT molecular complexity index is 763. The van der Waals surface area contributed by atoms with Crippen LogP contribution in [0.2, 0.25) is 0 Å². The molecular formula is C19H19NO4. The number of rotatable bonds is 6. The van der Waals surface area contributed by atoms with E-state index in [1.807, 2.05) is 0 Å². The van der Waals surface area contributed by atoms with Gasteiger partial charge in [0.2, 0.25) is 0 Å². The van der Waals surface area contributed by atoms with Gasteiger partial charge in [0.15, 0.2) is 5.78 Å². The fraction of sp³-hybridized carbons (Fsp3) is 0.158. The quantitative estimate of drug-likeness (QED) is 0.655. The maximum absolute atomic E-state index is 12.3. The van der Waals surface area contributed by atoms with Gasteiger partial charge in [0, 0.05) is 18.7 Å². The molecule has 0 bridgehead atoms. The van der Waals surface area contributed by atoms with Crippen molar-refractivity contribution in [1.29, 1.82) is 0 Å². The summed E-state index contributed by atoms with van der Waals surface area (Å²) in [5.41, 5.74) is 1.85. The largest absolute Gasteiger partial charge is 0.497 e. The van der Waals surface area contributed by atoms with E-state index in [4.69, 9.17) is 9.47 Å². The zero-order valence-corrected chi connectivity index (χ0v) is 13.8. The van der Waals surface area contributed by atoms with Gasteiger partial charge in [-0.1, -0.05) is 18.2 Å². The molecule has 0 aliphatic carbocycles. The van der Waals surface area contributed by atoms with E-state index in [0.717, 1.165) is 5.56 Å². The van der Waals surface area contributed by atoms with Crippen LogP contribution in [0.1, 0.15) is 26.3 Å². The Morgan fingerprint density at radius 2 is 1.71 bits per heavy atom. The Labute approximate surface area is 140 Å². The van der Waals surface area contributed by atoms with E-state index in [1.165, 1.54) is 13.2 Å². The van der Waals surface area contributed by atoms with E-state index in [2.05, 4.69) is 5.32 Å². The summed E-state index contributed by atoms with van der Waals surface area (Å²) in [7, 11) is 4.64. The Hall–Kier alpha value is -3.08. The van der Waals surface area contributed by atoms with Crippen molar-refractivity contribution in [3.05, 3.63) is 65.2 Å². The summed E-state index contributed by atoms with van der Waals surface area (Å²) in [5.74, 6) is 0.755. The number of ether oxygens (including phenoxy) is 2. The molecule has 1 amide bonds. The van der Waals surface area contributed by atoms with Crippen LogP contribution in [-0.2, 0) is 0 Å². The van der Waals surface area contributed by atoms with Gasteiger partial charge in [0.1, 0.15) is 11.5 Å². The minimum atomic E-state index is -0.176. The molecule has 24 heavy (non-hydrogen) atoms. The summed E-state index contributed by atoms with van der Waals surface area (Å²) in [6.45, 7) is 0. The summed E-state index contributed by atoms with van der Waals surface area (Å²) in [5, 5.41) is 2.56. The van der Waals surface area contributed by atoms with Crippen molar-refractivity contribution in [2.75, 3.05) is 21.3 Å². The van der Waals surface area contributed by atoms with Crippen LogP contribution >= 0.6 is 0 Å². The number of carbonyl (C=O) groups is 2. The number of benzene rings is 2. The lowest BCUT2D eigenvalue weighted by Crippen LogP contribution is -2.17. The van der Waals surface area contributed by atoms with Crippen LogP contribution in [0.5, 0.6) is 11.5 Å². The van der Waals surface area contributed by atoms with Crippen LogP contribution in [0.15, 0.2) is 48.5 Å². The molecule has 0 fully saturated rings. The standard InChI is InChI=1S/C19H19NO4/c1-20-19(22)14-7-4-13(5-8-14)6-11-17(21)16-10-9-15(23-2)12-18(16)24-3/h4-12H,1-3H3,(H,20,22).